The minimum Gasteiger partial charge on any atom is -0.386 e. The second kappa shape index (κ2) is 4.67. The molecule has 98 valence electrons. The minimum absolute atomic E-state index is 0.205. The van der Waals surface area contributed by atoms with Crippen molar-refractivity contribution in [2.24, 2.45) is 5.92 Å². The van der Waals surface area contributed by atoms with Crippen LogP contribution in [0.2, 0.25) is 0 Å². The van der Waals surface area contributed by atoms with Gasteiger partial charge in [-0.05, 0) is 43.0 Å². The smallest absolute Gasteiger partial charge is 0.222 e. The van der Waals surface area contributed by atoms with Crippen molar-refractivity contribution in [3.05, 3.63) is 22.4 Å². The molecule has 1 N–H and O–H groups in total. The number of thiophene rings is 1. The monoisotopic (exact) mass is 265 g/mol. The SMILES string of the molecule is O=C(CCCc1cccs1)N1CC(O)(C2CC2)C1. The number of carbonyl (C=O) groups excluding carboxylic acids is 1. The summed E-state index contributed by atoms with van der Waals surface area (Å²) in [4.78, 5) is 15.1. The molecule has 1 saturated heterocycles. The summed E-state index contributed by atoms with van der Waals surface area (Å²) in [6, 6.07) is 4.16. The quantitative estimate of drug-likeness (QED) is 0.885. The molecule has 3 nitrogen and oxygen atoms in total. The fourth-order valence-electron chi connectivity index (χ4n) is 2.70. The number of aryl methyl sites for hydroxylation is 1. The van der Waals surface area contributed by atoms with Gasteiger partial charge in [0.05, 0.1) is 13.1 Å². The fraction of sp³-hybridized carbons (Fsp3) is 0.643. The van der Waals surface area contributed by atoms with Gasteiger partial charge in [-0.25, -0.2) is 0 Å². The first-order chi connectivity index (χ1) is 8.67. The number of hydrogen-bond donors (Lipinski definition) is 1. The van der Waals surface area contributed by atoms with E-state index in [0.29, 0.717) is 25.4 Å². The van der Waals surface area contributed by atoms with E-state index in [4.69, 9.17) is 0 Å². The third-order valence-corrected chi connectivity index (χ3v) is 4.95. The number of β-amino-alcohol motifs (C(OH)–C–C–N with tert-alkyl or cyclic N) is 1. The lowest BCUT2D eigenvalue weighted by atomic mass is 9.88. The molecule has 1 aliphatic heterocycles. The summed E-state index contributed by atoms with van der Waals surface area (Å²) in [6.07, 6.45) is 4.79. The Morgan fingerprint density at radius 3 is 2.89 bits per heavy atom. The van der Waals surface area contributed by atoms with Crippen LogP contribution in [0.4, 0.5) is 0 Å². The summed E-state index contributed by atoms with van der Waals surface area (Å²) in [5.74, 6) is 0.671. The maximum atomic E-state index is 11.9. The van der Waals surface area contributed by atoms with Gasteiger partial charge < -0.3 is 10.0 Å². The van der Waals surface area contributed by atoms with Gasteiger partial charge in [-0.1, -0.05) is 6.07 Å². The van der Waals surface area contributed by atoms with E-state index in [2.05, 4.69) is 11.4 Å². The number of nitrogens with zero attached hydrogens (tertiary/aromatic N) is 1. The Bertz CT molecular complexity index is 419. The zero-order chi connectivity index (χ0) is 12.6. The molecule has 2 aliphatic rings. The van der Waals surface area contributed by atoms with Gasteiger partial charge in [-0.2, -0.15) is 0 Å². The minimum atomic E-state index is -0.538. The van der Waals surface area contributed by atoms with Crippen LogP contribution in [0.25, 0.3) is 0 Å². The van der Waals surface area contributed by atoms with Crippen LogP contribution in [0.3, 0.4) is 0 Å². The third-order valence-electron chi connectivity index (χ3n) is 4.01. The Labute approximate surface area is 111 Å². The molecule has 1 amide bonds. The molecule has 1 saturated carbocycles. The van der Waals surface area contributed by atoms with Gasteiger partial charge in [-0.3, -0.25) is 4.79 Å². The van der Waals surface area contributed by atoms with Gasteiger partial charge in [0.1, 0.15) is 5.60 Å². The van der Waals surface area contributed by atoms with E-state index in [0.717, 1.165) is 25.7 Å². The lowest BCUT2D eigenvalue weighted by molar-refractivity contribution is -0.159. The maximum absolute atomic E-state index is 11.9. The molecular formula is C14H19NO2S. The first-order valence-electron chi connectivity index (χ1n) is 6.70. The van der Waals surface area contributed by atoms with Crippen molar-refractivity contribution in [1.29, 1.82) is 0 Å². The molecule has 0 unspecified atom stereocenters. The van der Waals surface area contributed by atoms with Crippen molar-refractivity contribution < 1.29 is 9.90 Å². The Hall–Kier alpha value is -0.870. The van der Waals surface area contributed by atoms with Crippen molar-refractivity contribution in [2.75, 3.05) is 13.1 Å². The van der Waals surface area contributed by atoms with Crippen molar-refractivity contribution >= 4 is 17.2 Å². The Morgan fingerprint density at radius 1 is 1.50 bits per heavy atom. The van der Waals surface area contributed by atoms with Crippen LogP contribution in [-0.2, 0) is 11.2 Å². The Morgan fingerprint density at radius 2 is 2.28 bits per heavy atom. The van der Waals surface area contributed by atoms with E-state index < -0.39 is 5.60 Å². The second-order valence-electron chi connectivity index (χ2n) is 5.56. The first-order valence-corrected chi connectivity index (χ1v) is 7.58. The van der Waals surface area contributed by atoms with Crippen LogP contribution in [0.15, 0.2) is 17.5 Å². The van der Waals surface area contributed by atoms with Gasteiger partial charge >= 0.3 is 0 Å². The maximum Gasteiger partial charge on any atom is 0.222 e. The fourth-order valence-corrected chi connectivity index (χ4v) is 3.45. The molecule has 1 aliphatic carbocycles. The third kappa shape index (κ3) is 2.45. The summed E-state index contributed by atoms with van der Waals surface area (Å²) < 4.78 is 0. The largest absolute Gasteiger partial charge is 0.386 e. The van der Waals surface area contributed by atoms with E-state index in [1.807, 2.05) is 11.0 Å². The van der Waals surface area contributed by atoms with Crippen LogP contribution in [-0.4, -0.2) is 34.6 Å². The highest BCUT2D eigenvalue weighted by Crippen LogP contribution is 2.44. The molecule has 4 heteroatoms. The number of aliphatic hydroxyl groups is 1. The van der Waals surface area contributed by atoms with Crippen molar-refractivity contribution in [2.45, 2.75) is 37.7 Å². The molecule has 1 aromatic rings. The van der Waals surface area contributed by atoms with Gasteiger partial charge in [0.15, 0.2) is 0 Å². The van der Waals surface area contributed by atoms with E-state index in [1.165, 1.54) is 4.88 Å². The Kier molecular flexibility index (Phi) is 3.16. The molecule has 0 bridgehead atoms. The normalized spacial score (nSPS) is 21.7. The number of likely N-dealkylation sites (tertiary alicyclic amines) is 1. The van der Waals surface area contributed by atoms with Crippen LogP contribution in [0, 0.1) is 5.92 Å². The molecular weight excluding hydrogens is 246 g/mol. The topological polar surface area (TPSA) is 40.5 Å². The summed E-state index contributed by atoms with van der Waals surface area (Å²) >= 11 is 1.75. The summed E-state index contributed by atoms with van der Waals surface area (Å²) in [6.45, 7) is 1.13. The van der Waals surface area contributed by atoms with Crippen LogP contribution < -0.4 is 0 Å². The highest BCUT2D eigenvalue weighted by Gasteiger charge is 2.52. The molecule has 0 spiro atoms. The molecule has 2 fully saturated rings. The van der Waals surface area contributed by atoms with E-state index in [-0.39, 0.29) is 5.91 Å². The van der Waals surface area contributed by atoms with Crippen LogP contribution in [0.1, 0.15) is 30.6 Å². The van der Waals surface area contributed by atoms with Crippen molar-refractivity contribution in [3.63, 3.8) is 0 Å². The molecule has 2 heterocycles. The summed E-state index contributed by atoms with van der Waals surface area (Å²) in [5.41, 5.74) is -0.538. The van der Waals surface area contributed by atoms with Gasteiger partial charge in [0.25, 0.3) is 0 Å². The molecule has 18 heavy (non-hydrogen) atoms. The van der Waals surface area contributed by atoms with Crippen molar-refractivity contribution in [1.82, 2.24) is 4.90 Å². The zero-order valence-corrected chi connectivity index (χ0v) is 11.3. The predicted octanol–water partition coefficient (Wildman–Crippen LogP) is 2.05. The predicted molar refractivity (Wildman–Crippen MR) is 71.5 cm³/mol. The van der Waals surface area contributed by atoms with E-state index >= 15 is 0 Å². The molecule has 3 rings (SSSR count). The molecule has 0 aromatic carbocycles. The average molecular weight is 265 g/mol. The molecule has 1 aromatic heterocycles. The van der Waals surface area contributed by atoms with Crippen LogP contribution >= 0.6 is 11.3 Å². The number of rotatable bonds is 5. The lowest BCUT2D eigenvalue weighted by Gasteiger charge is -2.47. The summed E-state index contributed by atoms with van der Waals surface area (Å²) in [5, 5.41) is 12.2. The number of carbonyl (C=O) groups is 1. The van der Waals surface area contributed by atoms with E-state index in [1.54, 1.807) is 11.3 Å². The van der Waals surface area contributed by atoms with E-state index in [9.17, 15) is 9.90 Å². The highest BCUT2D eigenvalue weighted by molar-refractivity contribution is 7.09. The lowest BCUT2D eigenvalue weighted by Crippen LogP contribution is -2.64. The van der Waals surface area contributed by atoms with Crippen LogP contribution in [0.5, 0.6) is 0 Å². The molecule has 0 atom stereocenters. The Balaban J connectivity index is 1.38. The van der Waals surface area contributed by atoms with Gasteiger partial charge in [-0.15, -0.1) is 11.3 Å². The highest BCUT2D eigenvalue weighted by atomic mass is 32.1. The first kappa shape index (κ1) is 12.2. The molecule has 0 radical (unpaired) electrons. The van der Waals surface area contributed by atoms with Gasteiger partial charge in [0.2, 0.25) is 5.91 Å². The average Bonchev–Trinajstić information content (AvgIpc) is 3.04. The second-order valence-corrected chi connectivity index (χ2v) is 6.59. The zero-order valence-electron chi connectivity index (χ0n) is 10.5. The van der Waals surface area contributed by atoms with Gasteiger partial charge in [0, 0.05) is 11.3 Å². The number of amides is 1. The number of hydrogen-bond acceptors (Lipinski definition) is 3. The standard InChI is InChI=1S/C14H19NO2S/c16-13(5-1-3-12-4-2-8-18-12)15-9-14(17,10-15)11-6-7-11/h2,4,8,11,17H,1,3,5-7,9-10H2. The van der Waals surface area contributed by atoms with Crippen molar-refractivity contribution in [3.8, 4) is 0 Å². The summed E-state index contributed by atoms with van der Waals surface area (Å²) in [7, 11) is 0.